The molecule has 9 heteroatoms. The van der Waals surface area contributed by atoms with Gasteiger partial charge in [0.1, 0.15) is 5.82 Å². The largest absolute Gasteiger partial charge is 0.345 e. The van der Waals surface area contributed by atoms with Gasteiger partial charge in [0.25, 0.3) is 0 Å². The molecule has 3 aromatic rings. The normalized spacial score (nSPS) is 25.6. The van der Waals surface area contributed by atoms with Gasteiger partial charge in [-0.25, -0.2) is 18.1 Å². The van der Waals surface area contributed by atoms with Crippen molar-refractivity contribution in [1.82, 2.24) is 29.3 Å². The summed E-state index contributed by atoms with van der Waals surface area (Å²) in [5, 5.41) is 8.56. The van der Waals surface area contributed by atoms with Crippen LogP contribution in [0.4, 0.5) is 0 Å². The Morgan fingerprint density at radius 1 is 1.36 bits per heavy atom. The minimum Gasteiger partial charge on any atom is -0.345 e. The first-order chi connectivity index (χ1) is 10.6. The van der Waals surface area contributed by atoms with E-state index in [1.807, 2.05) is 16.7 Å². The molecular formula is C13H16N6O2S. The van der Waals surface area contributed by atoms with Gasteiger partial charge in [0.2, 0.25) is 10.9 Å². The fraction of sp³-hybridized carbons (Fsp3) is 0.462. The van der Waals surface area contributed by atoms with Gasteiger partial charge < -0.3 is 4.98 Å². The third-order valence-corrected chi connectivity index (χ3v) is 5.04. The van der Waals surface area contributed by atoms with Crippen LogP contribution in [0.5, 0.6) is 0 Å². The number of hydrogen-bond acceptors (Lipinski definition) is 5. The maximum absolute atomic E-state index is 10.9. The van der Waals surface area contributed by atoms with Crippen molar-refractivity contribution in [2.24, 2.45) is 5.92 Å². The molecule has 3 heterocycles. The highest BCUT2D eigenvalue weighted by molar-refractivity contribution is 7.70. The van der Waals surface area contributed by atoms with Crippen molar-refractivity contribution in [3.8, 4) is 0 Å². The van der Waals surface area contributed by atoms with Crippen molar-refractivity contribution < 1.29 is 8.42 Å². The molecule has 2 N–H and O–H groups in total. The number of H-pyrrole nitrogens is 1. The Labute approximate surface area is 128 Å². The van der Waals surface area contributed by atoms with Crippen LogP contribution in [-0.4, -0.2) is 39.0 Å². The summed E-state index contributed by atoms with van der Waals surface area (Å²) in [5.74, 6) is 1.38. The maximum atomic E-state index is 10.9. The van der Waals surface area contributed by atoms with Gasteiger partial charge in [-0.1, -0.05) is 6.92 Å². The van der Waals surface area contributed by atoms with E-state index in [0.717, 1.165) is 29.8 Å². The fourth-order valence-corrected chi connectivity index (χ4v) is 4.01. The summed E-state index contributed by atoms with van der Waals surface area (Å²) in [6.07, 6.45) is 5.08. The minimum absolute atomic E-state index is 0.0305. The number of thiol groups is 1. The molecule has 0 aliphatic heterocycles. The zero-order valence-electron chi connectivity index (χ0n) is 11.9. The number of nitrogens with zero attached hydrogens (tertiary/aromatic N) is 4. The Morgan fingerprint density at radius 2 is 2.23 bits per heavy atom. The van der Waals surface area contributed by atoms with Gasteiger partial charge in [-0.05, 0) is 24.8 Å². The molecule has 3 atom stereocenters. The first-order valence-corrected chi connectivity index (χ1v) is 8.39. The highest BCUT2D eigenvalue weighted by Gasteiger charge is 2.35. The van der Waals surface area contributed by atoms with Crippen LogP contribution in [0.2, 0.25) is 0 Å². The molecule has 8 nitrogen and oxygen atoms in total. The summed E-state index contributed by atoms with van der Waals surface area (Å²) in [5.41, 5.74) is 2.44. The van der Waals surface area contributed by atoms with Gasteiger partial charge in [0.05, 0.1) is 11.7 Å². The molecule has 1 aliphatic rings. The monoisotopic (exact) mass is 320 g/mol. The van der Waals surface area contributed by atoms with Crippen LogP contribution in [0.25, 0.3) is 16.8 Å². The second-order valence-electron chi connectivity index (χ2n) is 5.86. The van der Waals surface area contributed by atoms with Crippen molar-refractivity contribution in [3.63, 3.8) is 0 Å². The number of hydrogen-bond donors (Lipinski definition) is 3. The summed E-state index contributed by atoms with van der Waals surface area (Å²) in [4.78, 5) is 7.40. The number of aromatic amines is 1. The topological polar surface area (TPSA) is 105 Å². The third kappa shape index (κ3) is 2.08. The molecule has 0 amide bonds. The summed E-state index contributed by atoms with van der Waals surface area (Å²) in [7, 11) is -2.57. The summed E-state index contributed by atoms with van der Waals surface area (Å²) < 4.78 is 26.4. The summed E-state index contributed by atoms with van der Waals surface area (Å²) in [6.45, 7) is 2.13. The van der Waals surface area contributed by atoms with Crippen LogP contribution in [-0.2, 0) is 10.9 Å². The van der Waals surface area contributed by atoms with Crippen LogP contribution < -0.4 is 4.72 Å². The van der Waals surface area contributed by atoms with E-state index in [9.17, 15) is 8.42 Å². The Morgan fingerprint density at radius 3 is 3.05 bits per heavy atom. The van der Waals surface area contributed by atoms with E-state index < -0.39 is 10.9 Å². The van der Waals surface area contributed by atoms with Crippen molar-refractivity contribution in [1.29, 1.82) is 0 Å². The maximum Gasteiger partial charge on any atom is 0.201 e. The second-order valence-corrected chi connectivity index (χ2v) is 6.63. The first-order valence-electron chi connectivity index (χ1n) is 7.21. The van der Waals surface area contributed by atoms with Gasteiger partial charge in [0, 0.05) is 18.2 Å². The highest BCUT2D eigenvalue weighted by Crippen LogP contribution is 2.39. The molecule has 0 unspecified atom stereocenters. The van der Waals surface area contributed by atoms with E-state index in [-0.39, 0.29) is 12.0 Å². The van der Waals surface area contributed by atoms with Crippen molar-refractivity contribution in [2.75, 3.05) is 0 Å². The van der Waals surface area contributed by atoms with Gasteiger partial charge >= 0.3 is 0 Å². The van der Waals surface area contributed by atoms with Gasteiger partial charge in [-0.15, -0.1) is 10.2 Å². The first kappa shape index (κ1) is 13.6. The van der Waals surface area contributed by atoms with Crippen LogP contribution in [0, 0.1) is 5.92 Å². The zero-order valence-corrected chi connectivity index (χ0v) is 12.8. The number of aromatic nitrogens is 5. The Kier molecular flexibility index (Phi) is 3.12. The number of nitrogens with one attached hydrogen (secondary N) is 2. The van der Waals surface area contributed by atoms with Crippen molar-refractivity contribution in [3.05, 3.63) is 24.3 Å². The lowest BCUT2D eigenvalue weighted by Crippen LogP contribution is -2.24. The Hall–Kier alpha value is -2.00. The van der Waals surface area contributed by atoms with E-state index in [2.05, 4.69) is 31.8 Å². The molecule has 1 saturated carbocycles. The zero-order chi connectivity index (χ0) is 15.3. The molecular weight excluding hydrogens is 304 g/mol. The molecule has 0 aromatic carbocycles. The molecule has 4 rings (SSSR count). The predicted octanol–water partition coefficient (Wildman–Crippen LogP) is 0.604. The average Bonchev–Trinajstić information content (AvgIpc) is 3.14. The molecule has 0 radical (unpaired) electrons. The lowest BCUT2D eigenvalue weighted by molar-refractivity contribution is 0.506. The molecule has 116 valence electrons. The highest BCUT2D eigenvalue weighted by atomic mass is 32.2. The van der Waals surface area contributed by atoms with E-state index in [1.165, 1.54) is 0 Å². The average molecular weight is 320 g/mol. The summed E-state index contributed by atoms with van der Waals surface area (Å²) in [6, 6.07) is 1.92. The molecule has 22 heavy (non-hydrogen) atoms. The Bertz CT molecular complexity index is 906. The minimum atomic E-state index is -2.57. The van der Waals surface area contributed by atoms with Gasteiger partial charge in [-0.3, -0.25) is 4.40 Å². The number of fused-ring (bicyclic) bond motifs is 3. The van der Waals surface area contributed by atoms with E-state index in [4.69, 9.17) is 0 Å². The van der Waals surface area contributed by atoms with Gasteiger partial charge in [-0.2, -0.15) is 0 Å². The molecule has 0 saturated heterocycles. The standard InChI is InChI=1S/C13H16N6O2S/c1-7-4-8(18-22(20)21)5-9(7)13-17-16-11-6-15-12-10(19(11)13)2-3-14-12/h2-3,6-9,14,22H,4-5H2,1H3,(H,18,20,21)/t7-,8+,9+/m1/s1. The van der Waals surface area contributed by atoms with E-state index >= 15 is 0 Å². The molecule has 0 spiro atoms. The third-order valence-electron chi connectivity index (χ3n) is 4.47. The van der Waals surface area contributed by atoms with Crippen LogP contribution >= 0.6 is 0 Å². The SMILES string of the molecule is C[C@@H]1C[C@H](N[SH](=O)=O)C[C@@H]1c1nnc2cnc3[nH]ccc3n12. The van der Waals surface area contributed by atoms with Crippen LogP contribution in [0.3, 0.4) is 0 Å². The fourth-order valence-electron chi connectivity index (χ4n) is 3.50. The second kappa shape index (κ2) is 5.03. The smallest absolute Gasteiger partial charge is 0.201 e. The van der Waals surface area contributed by atoms with Crippen LogP contribution in [0.15, 0.2) is 18.5 Å². The molecule has 1 fully saturated rings. The van der Waals surface area contributed by atoms with Gasteiger partial charge in [0.15, 0.2) is 11.3 Å². The lowest BCUT2D eigenvalue weighted by atomic mass is 9.97. The molecule has 3 aromatic heterocycles. The van der Waals surface area contributed by atoms with E-state index in [0.29, 0.717) is 11.6 Å². The Balaban J connectivity index is 1.79. The molecule has 0 bridgehead atoms. The van der Waals surface area contributed by atoms with Crippen molar-refractivity contribution in [2.45, 2.75) is 31.7 Å². The van der Waals surface area contributed by atoms with E-state index in [1.54, 1.807) is 6.20 Å². The predicted molar refractivity (Wildman–Crippen MR) is 81.0 cm³/mol. The quantitative estimate of drug-likeness (QED) is 0.613. The van der Waals surface area contributed by atoms with Crippen LogP contribution in [0.1, 0.15) is 31.5 Å². The number of rotatable bonds is 3. The summed E-state index contributed by atoms with van der Waals surface area (Å²) >= 11 is 0. The lowest BCUT2D eigenvalue weighted by Gasteiger charge is -2.13. The molecule has 1 aliphatic carbocycles. The van der Waals surface area contributed by atoms with Crippen molar-refractivity contribution >= 4 is 27.7 Å².